The zero-order chi connectivity index (χ0) is 22.3. The van der Waals surface area contributed by atoms with Crippen LogP contribution in [0.1, 0.15) is 20.8 Å². The van der Waals surface area contributed by atoms with Gasteiger partial charge in [0.15, 0.2) is 11.6 Å². The van der Waals surface area contributed by atoms with Crippen molar-refractivity contribution in [3.63, 3.8) is 0 Å². The Balaban J connectivity index is 2.14. The lowest BCUT2D eigenvalue weighted by Gasteiger charge is -2.31. The van der Waals surface area contributed by atoms with Gasteiger partial charge in [-0.25, -0.2) is 23.6 Å². The van der Waals surface area contributed by atoms with Crippen molar-refractivity contribution in [2.45, 2.75) is 26.8 Å². The third-order valence-corrected chi connectivity index (χ3v) is 5.32. The van der Waals surface area contributed by atoms with Crippen LogP contribution in [0.4, 0.5) is 20.3 Å². The van der Waals surface area contributed by atoms with E-state index in [-0.39, 0.29) is 17.2 Å². The van der Waals surface area contributed by atoms with Gasteiger partial charge in [0, 0.05) is 23.2 Å². The number of hydrogen-bond donors (Lipinski definition) is 3. The summed E-state index contributed by atoms with van der Waals surface area (Å²) >= 11 is 0. The minimum Gasteiger partial charge on any atom is -0.363 e. The Morgan fingerprint density at radius 2 is 2.03 bits per heavy atom. The fourth-order valence-electron chi connectivity index (χ4n) is 2.92. The molecule has 0 saturated carbocycles. The number of aromatic nitrogens is 3. The van der Waals surface area contributed by atoms with Gasteiger partial charge >= 0.3 is 0 Å². The van der Waals surface area contributed by atoms with Crippen LogP contribution in [0.3, 0.4) is 0 Å². The summed E-state index contributed by atoms with van der Waals surface area (Å²) in [5.74, 6) is -2.41. The van der Waals surface area contributed by atoms with E-state index in [2.05, 4.69) is 25.1 Å². The molecular formula is C19H19F2N5O3S. The molecule has 30 heavy (non-hydrogen) atoms. The van der Waals surface area contributed by atoms with Gasteiger partial charge in [-0.15, -0.1) is 0 Å². The molecule has 0 saturated heterocycles. The Hall–Kier alpha value is -3.10. The average molecular weight is 435 g/mol. The summed E-state index contributed by atoms with van der Waals surface area (Å²) in [6, 6.07) is 1.30. The second-order valence-electron chi connectivity index (χ2n) is 7.86. The van der Waals surface area contributed by atoms with Crippen LogP contribution in [0.25, 0.3) is 27.1 Å². The van der Waals surface area contributed by atoms with Gasteiger partial charge in [-0.3, -0.25) is 4.55 Å². The Bertz CT molecular complexity index is 1260. The molecule has 0 aliphatic carbocycles. The monoisotopic (exact) mass is 435 g/mol. The largest absolute Gasteiger partial charge is 0.363 e. The third kappa shape index (κ3) is 4.55. The highest BCUT2D eigenvalue weighted by Gasteiger charge is 2.30. The summed E-state index contributed by atoms with van der Waals surface area (Å²) in [5.41, 5.74) is -0.0106. The number of fused-ring (bicyclic) bond motifs is 1. The van der Waals surface area contributed by atoms with Gasteiger partial charge in [0.25, 0.3) is 10.1 Å². The fourth-order valence-corrected chi connectivity index (χ4v) is 3.93. The molecule has 0 fully saturated rings. The van der Waals surface area contributed by atoms with E-state index < -0.39 is 39.0 Å². The number of H-pyrrole nitrogens is 1. The highest BCUT2D eigenvalue weighted by molar-refractivity contribution is 7.85. The Morgan fingerprint density at radius 1 is 1.33 bits per heavy atom. The van der Waals surface area contributed by atoms with Crippen molar-refractivity contribution in [3.8, 4) is 11.3 Å². The molecule has 3 rings (SSSR count). The number of hydrogen-bond acceptors (Lipinski definition) is 5. The molecule has 0 spiro atoms. The van der Waals surface area contributed by atoms with Crippen LogP contribution in [0.2, 0.25) is 0 Å². The van der Waals surface area contributed by atoms with Crippen molar-refractivity contribution >= 4 is 32.7 Å². The molecular weight excluding hydrogens is 416 g/mol. The molecule has 0 unspecified atom stereocenters. The van der Waals surface area contributed by atoms with E-state index in [4.69, 9.17) is 6.57 Å². The highest BCUT2D eigenvalue weighted by atomic mass is 32.2. The lowest BCUT2D eigenvalue weighted by molar-refractivity contribution is 0.351. The van der Waals surface area contributed by atoms with E-state index >= 15 is 0 Å². The average Bonchev–Trinajstić information content (AvgIpc) is 3.03. The SMILES string of the molecule is [C-]#[N+]c1cc(F)c(N[C@H](CS(=O)(=O)O)C(C)(C)C)nc1-c1c[nH]c2ncc(F)cc12. The van der Waals surface area contributed by atoms with E-state index in [0.29, 0.717) is 16.6 Å². The molecule has 1 atom stereocenters. The van der Waals surface area contributed by atoms with Crippen molar-refractivity contribution in [1.29, 1.82) is 0 Å². The number of pyridine rings is 2. The molecule has 0 aliphatic rings. The molecule has 8 nitrogen and oxygen atoms in total. The van der Waals surface area contributed by atoms with E-state index in [1.165, 1.54) is 12.3 Å². The number of nitrogens with zero attached hydrogens (tertiary/aromatic N) is 3. The summed E-state index contributed by atoms with van der Waals surface area (Å²) in [6.07, 6.45) is 2.52. The van der Waals surface area contributed by atoms with Crippen LogP contribution >= 0.6 is 0 Å². The van der Waals surface area contributed by atoms with Crippen LogP contribution in [0, 0.1) is 23.6 Å². The lowest BCUT2D eigenvalue weighted by atomic mass is 9.88. The van der Waals surface area contributed by atoms with E-state index in [1.54, 1.807) is 20.8 Å². The van der Waals surface area contributed by atoms with Gasteiger partial charge in [-0.05, 0) is 17.5 Å². The minimum absolute atomic E-state index is 0.0760. The maximum Gasteiger partial charge on any atom is 0.266 e. The van der Waals surface area contributed by atoms with Crippen molar-refractivity contribution in [1.82, 2.24) is 15.0 Å². The summed E-state index contributed by atoms with van der Waals surface area (Å²) in [6.45, 7) is 12.5. The quantitative estimate of drug-likeness (QED) is 0.410. The van der Waals surface area contributed by atoms with Gasteiger partial charge in [-0.2, -0.15) is 8.42 Å². The standard InChI is InChI=1S/C19H19F2N5O3S/c1-19(2,3)15(9-30(27,28)29)25-18-13(21)6-14(22-4)16(26-18)12-8-24-17-11(12)5-10(20)7-23-17/h5-8,15H,9H2,1-3H3,(H,23,24)(H,25,26)(H,27,28,29)/t15-/m1/s1. The molecule has 0 bridgehead atoms. The predicted octanol–water partition coefficient (Wildman–Crippen LogP) is 4.17. The molecule has 3 aromatic heterocycles. The summed E-state index contributed by atoms with van der Waals surface area (Å²) in [7, 11) is -4.36. The lowest BCUT2D eigenvalue weighted by Crippen LogP contribution is -2.40. The first-order chi connectivity index (χ1) is 13.9. The van der Waals surface area contributed by atoms with Crippen LogP contribution in [-0.2, 0) is 10.1 Å². The molecule has 0 amide bonds. The van der Waals surface area contributed by atoms with Crippen LogP contribution < -0.4 is 5.32 Å². The van der Waals surface area contributed by atoms with Crippen LogP contribution in [0.5, 0.6) is 0 Å². The molecule has 3 aromatic rings. The first-order valence-corrected chi connectivity index (χ1v) is 10.4. The van der Waals surface area contributed by atoms with Crippen LogP contribution in [0.15, 0.2) is 24.5 Å². The number of halogens is 2. The van der Waals surface area contributed by atoms with Crippen molar-refractivity contribution in [3.05, 3.63) is 47.6 Å². The third-order valence-electron chi connectivity index (χ3n) is 4.56. The Labute approximate surface area is 171 Å². The molecule has 0 aliphatic heterocycles. The van der Waals surface area contributed by atoms with Gasteiger partial charge in [0.2, 0.25) is 5.69 Å². The molecule has 11 heteroatoms. The van der Waals surface area contributed by atoms with E-state index in [0.717, 1.165) is 12.3 Å². The molecule has 0 aromatic carbocycles. The number of nitrogens with one attached hydrogen (secondary N) is 2. The van der Waals surface area contributed by atoms with E-state index in [9.17, 15) is 21.8 Å². The van der Waals surface area contributed by atoms with Crippen molar-refractivity contribution < 1.29 is 21.8 Å². The number of rotatable bonds is 5. The second kappa shape index (κ2) is 7.62. The van der Waals surface area contributed by atoms with Crippen LogP contribution in [-0.4, -0.2) is 39.7 Å². The first-order valence-electron chi connectivity index (χ1n) is 8.82. The molecule has 3 heterocycles. The van der Waals surface area contributed by atoms with Gasteiger partial charge in [-0.1, -0.05) is 20.8 Å². The minimum atomic E-state index is -4.36. The van der Waals surface area contributed by atoms with Gasteiger partial charge in [0.1, 0.15) is 11.5 Å². The summed E-state index contributed by atoms with van der Waals surface area (Å²) < 4.78 is 60.4. The normalized spacial score (nSPS) is 13.2. The predicted molar refractivity (Wildman–Crippen MR) is 109 cm³/mol. The number of aromatic amines is 1. The first kappa shape index (κ1) is 21.6. The fraction of sp³-hybridized carbons (Fsp3) is 0.316. The van der Waals surface area contributed by atoms with Crippen molar-refractivity contribution in [2.24, 2.45) is 5.41 Å². The summed E-state index contributed by atoms with van der Waals surface area (Å²) in [5, 5.41) is 3.09. The summed E-state index contributed by atoms with van der Waals surface area (Å²) in [4.78, 5) is 14.3. The molecule has 0 radical (unpaired) electrons. The Kier molecular flexibility index (Phi) is 5.49. The zero-order valence-electron chi connectivity index (χ0n) is 16.4. The van der Waals surface area contributed by atoms with Gasteiger partial charge < -0.3 is 10.3 Å². The Morgan fingerprint density at radius 3 is 2.63 bits per heavy atom. The van der Waals surface area contributed by atoms with Crippen molar-refractivity contribution in [2.75, 3.05) is 11.1 Å². The van der Waals surface area contributed by atoms with Gasteiger partial charge in [0.05, 0.1) is 24.2 Å². The maximum atomic E-state index is 14.7. The zero-order valence-corrected chi connectivity index (χ0v) is 17.2. The topological polar surface area (TPSA) is 112 Å². The molecule has 158 valence electrons. The maximum absolute atomic E-state index is 14.7. The smallest absolute Gasteiger partial charge is 0.266 e. The highest BCUT2D eigenvalue weighted by Crippen LogP contribution is 2.36. The second-order valence-corrected chi connectivity index (χ2v) is 9.36. The number of anilines is 1. The van der Waals surface area contributed by atoms with E-state index in [1.807, 2.05) is 0 Å². The molecule has 3 N–H and O–H groups in total.